The van der Waals surface area contributed by atoms with Crippen LogP contribution in [0.1, 0.15) is 11.1 Å². The number of nitrogen functional groups attached to an aromatic ring is 1. The summed E-state index contributed by atoms with van der Waals surface area (Å²) in [6, 6.07) is 9.78. The van der Waals surface area contributed by atoms with Gasteiger partial charge in [0.2, 0.25) is 0 Å². The predicted octanol–water partition coefficient (Wildman–Crippen LogP) is 3.65. The van der Waals surface area contributed by atoms with E-state index in [0.717, 1.165) is 11.4 Å². The maximum Gasteiger partial charge on any atom is 0.162 e. The quantitative estimate of drug-likeness (QED) is 0.834. The van der Waals surface area contributed by atoms with Crippen LogP contribution in [0.15, 0.2) is 30.3 Å². The molecule has 0 aromatic heterocycles. The standard InChI is InChI=1S/C16H20N2O2/c1-10-5-6-12(7-11(10)2)18-14-9-16(20-4)15(19-3)8-13(14)17/h5-9,18H,17H2,1-4H3. The SMILES string of the molecule is COc1cc(N)c(Nc2ccc(C)c(C)c2)cc1OC. The van der Waals surface area contributed by atoms with Gasteiger partial charge in [0, 0.05) is 17.8 Å². The first-order chi connectivity index (χ1) is 9.55. The summed E-state index contributed by atoms with van der Waals surface area (Å²) < 4.78 is 10.5. The van der Waals surface area contributed by atoms with Gasteiger partial charge >= 0.3 is 0 Å². The van der Waals surface area contributed by atoms with Gasteiger partial charge < -0.3 is 20.5 Å². The molecule has 4 heteroatoms. The summed E-state index contributed by atoms with van der Waals surface area (Å²) in [4.78, 5) is 0. The fourth-order valence-electron chi connectivity index (χ4n) is 1.98. The first-order valence-corrected chi connectivity index (χ1v) is 6.41. The maximum atomic E-state index is 6.04. The van der Waals surface area contributed by atoms with Crippen molar-refractivity contribution in [1.29, 1.82) is 0 Å². The van der Waals surface area contributed by atoms with Crippen LogP contribution in [0.25, 0.3) is 0 Å². The molecular formula is C16H20N2O2. The molecule has 0 aliphatic carbocycles. The molecule has 2 aromatic carbocycles. The second-order valence-electron chi connectivity index (χ2n) is 4.72. The van der Waals surface area contributed by atoms with Gasteiger partial charge in [0.15, 0.2) is 11.5 Å². The molecule has 0 spiro atoms. The lowest BCUT2D eigenvalue weighted by Crippen LogP contribution is -1.99. The van der Waals surface area contributed by atoms with Gasteiger partial charge in [-0.1, -0.05) is 6.07 Å². The van der Waals surface area contributed by atoms with Crippen LogP contribution >= 0.6 is 0 Å². The summed E-state index contributed by atoms with van der Waals surface area (Å²) >= 11 is 0. The number of nitrogens with two attached hydrogens (primary N) is 1. The summed E-state index contributed by atoms with van der Waals surface area (Å²) in [5.74, 6) is 1.27. The summed E-state index contributed by atoms with van der Waals surface area (Å²) in [6.45, 7) is 4.17. The fourth-order valence-corrected chi connectivity index (χ4v) is 1.98. The molecule has 0 radical (unpaired) electrons. The zero-order chi connectivity index (χ0) is 14.7. The highest BCUT2D eigenvalue weighted by molar-refractivity contribution is 5.76. The zero-order valence-electron chi connectivity index (χ0n) is 12.3. The number of benzene rings is 2. The van der Waals surface area contributed by atoms with E-state index < -0.39 is 0 Å². The van der Waals surface area contributed by atoms with Gasteiger partial charge in [-0.15, -0.1) is 0 Å². The minimum absolute atomic E-state index is 0.612. The molecule has 0 heterocycles. The first kappa shape index (κ1) is 14.1. The molecule has 4 nitrogen and oxygen atoms in total. The van der Waals surface area contributed by atoms with Crippen molar-refractivity contribution in [1.82, 2.24) is 0 Å². The lowest BCUT2D eigenvalue weighted by molar-refractivity contribution is 0.355. The largest absolute Gasteiger partial charge is 0.493 e. The molecule has 0 saturated heterocycles. The first-order valence-electron chi connectivity index (χ1n) is 6.41. The molecule has 0 aliphatic heterocycles. The van der Waals surface area contributed by atoms with Crippen LogP contribution in [-0.4, -0.2) is 14.2 Å². The van der Waals surface area contributed by atoms with Crippen LogP contribution in [0.4, 0.5) is 17.1 Å². The van der Waals surface area contributed by atoms with Gasteiger partial charge in [-0.3, -0.25) is 0 Å². The molecule has 0 unspecified atom stereocenters. The van der Waals surface area contributed by atoms with Crippen molar-refractivity contribution < 1.29 is 9.47 Å². The van der Waals surface area contributed by atoms with Gasteiger partial charge in [0.25, 0.3) is 0 Å². The molecule has 106 valence electrons. The average Bonchev–Trinajstić information content (AvgIpc) is 2.44. The third-order valence-electron chi connectivity index (χ3n) is 3.34. The average molecular weight is 272 g/mol. The van der Waals surface area contributed by atoms with Gasteiger partial charge in [-0.2, -0.15) is 0 Å². The molecule has 20 heavy (non-hydrogen) atoms. The topological polar surface area (TPSA) is 56.5 Å². The third kappa shape index (κ3) is 2.79. The second-order valence-corrected chi connectivity index (χ2v) is 4.72. The summed E-state index contributed by atoms with van der Waals surface area (Å²) in [5.41, 5.74) is 10.9. The number of methoxy groups -OCH3 is 2. The highest BCUT2D eigenvalue weighted by Gasteiger charge is 2.09. The summed E-state index contributed by atoms with van der Waals surface area (Å²) in [7, 11) is 3.20. The van der Waals surface area contributed by atoms with Gasteiger partial charge in [-0.05, 0) is 37.1 Å². The van der Waals surface area contributed by atoms with Crippen LogP contribution in [0.2, 0.25) is 0 Å². The van der Waals surface area contributed by atoms with Gasteiger partial charge in [0.1, 0.15) is 0 Å². The Bertz CT molecular complexity index is 624. The minimum atomic E-state index is 0.612. The third-order valence-corrected chi connectivity index (χ3v) is 3.34. The second kappa shape index (κ2) is 5.74. The smallest absolute Gasteiger partial charge is 0.162 e. The van der Waals surface area contributed by atoms with Crippen molar-refractivity contribution in [3.05, 3.63) is 41.5 Å². The highest BCUT2D eigenvalue weighted by atomic mass is 16.5. The van der Waals surface area contributed by atoms with E-state index in [0.29, 0.717) is 17.2 Å². The number of hydrogen-bond acceptors (Lipinski definition) is 4. The Balaban J connectivity index is 2.35. The zero-order valence-corrected chi connectivity index (χ0v) is 12.3. The Labute approximate surface area is 119 Å². The summed E-state index contributed by atoms with van der Waals surface area (Å²) in [5, 5.41) is 3.31. The van der Waals surface area contributed by atoms with E-state index in [1.807, 2.05) is 12.1 Å². The predicted molar refractivity (Wildman–Crippen MR) is 83.2 cm³/mol. The molecule has 0 amide bonds. The number of ether oxygens (including phenoxy) is 2. The Morgan fingerprint density at radius 1 is 0.900 bits per heavy atom. The van der Waals surface area contributed by atoms with Crippen molar-refractivity contribution in [3.63, 3.8) is 0 Å². The van der Waals surface area contributed by atoms with Crippen molar-refractivity contribution in [2.75, 3.05) is 25.3 Å². The van der Waals surface area contributed by atoms with E-state index in [-0.39, 0.29) is 0 Å². The van der Waals surface area contributed by atoms with E-state index >= 15 is 0 Å². The number of nitrogens with one attached hydrogen (secondary N) is 1. The molecule has 0 atom stereocenters. The van der Waals surface area contributed by atoms with Gasteiger partial charge in [0.05, 0.1) is 25.6 Å². The van der Waals surface area contributed by atoms with Crippen molar-refractivity contribution in [2.45, 2.75) is 13.8 Å². The number of rotatable bonds is 4. The number of aryl methyl sites for hydroxylation is 2. The Kier molecular flexibility index (Phi) is 4.03. The van der Waals surface area contributed by atoms with Crippen LogP contribution < -0.4 is 20.5 Å². The Morgan fingerprint density at radius 3 is 2.15 bits per heavy atom. The molecule has 2 aromatic rings. The normalized spacial score (nSPS) is 10.2. The molecule has 0 saturated carbocycles. The van der Waals surface area contributed by atoms with Crippen LogP contribution in [0, 0.1) is 13.8 Å². The fraction of sp³-hybridized carbons (Fsp3) is 0.250. The van der Waals surface area contributed by atoms with E-state index in [4.69, 9.17) is 15.2 Å². The molecule has 3 N–H and O–H groups in total. The molecule has 0 fully saturated rings. The van der Waals surface area contributed by atoms with E-state index in [9.17, 15) is 0 Å². The van der Waals surface area contributed by atoms with Crippen LogP contribution in [0.5, 0.6) is 11.5 Å². The van der Waals surface area contributed by atoms with Crippen LogP contribution in [-0.2, 0) is 0 Å². The number of hydrogen-bond donors (Lipinski definition) is 2. The van der Waals surface area contributed by atoms with Gasteiger partial charge in [-0.25, -0.2) is 0 Å². The summed E-state index contributed by atoms with van der Waals surface area (Å²) in [6.07, 6.45) is 0. The molecular weight excluding hydrogens is 252 g/mol. The molecule has 0 bridgehead atoms. The van der Waals surface area contributed by atoms with E-state index in [2.05, 4.69) is 31.3 Å². The maximum absolute atomic E-state index is 6.04. The van der Waals surface area contributed by atoms with E-state index in [1.165, 1.54) is 11.1 Å². The lowest BCUT2D eigenvalue weighted by Gasteiger charge is -2.14. The Morgan fingerprint density at radius 2 is 1.55 bits per heavy atom. The van der Waals surface area contributed by atoms with Crippen molar-refractivity contribution in [3.8, 4) is 11.5 Å². The monoisotopic (exact) mass is 272 g/mol. The molecule has 0 aliphatic rings. The van der Waals surface area contributed by atoms with Crippen molar-refractivity contribution in [2.24, 2.45) is 0 Å². The highest BCUT2D eigenvalue weighted by Crippen LogP contribution is 2.36. The van der Waals surface area contributed by atoms with E-state index in [1.54, 1.807) is 20.3 Å². The molecule has 2 rings (SSSR count). The lowest BCUT2D eigenvalue weighted by atomic mass is 10.1. The number of anilines is 3. The van der Waals surface area contributed by atoms with Crippen LogP contribution in [0.3, 0.4) is 0 Å². The van der Waals surface area contributed by atoms with Crippen molar-refractivity contribution >= 4 is 17.1 Å². The minimum Gasteiger partial charge on any atom is -0.493 e. The Hall–Kier alpha value is -2.36.